The molecule has 3 aromatic heterocycles. The van der Waals surface area contributed by atoms with Gasteiger partial charge in [0.1, 0.15) is 12.3 Å². The fourth-order valence-electron chi connectivity index (χ4n) is 1.64. The van der Waals surface area contributed by atoms with Crippen LogP contribution in [0.25, 0.3) is 5.65 Å². The van der Waals surface area contributed by atoms with Gasteiger partial charge in [0.05, 0.1) is 5.69 Å². The minimum Gasteiger partial charge on any atom is -0.471 e. The van der Waals surface area contributed by atoms with Crippen LogP contribution in [0.1, 0.15) is 5.69 Å². The van der Waals surface area contributed by atoms with Crippen molar-refractivity contribution in [3.63, 3.8) is 0 Å². The number of rotatable bonds is 3. The van der Waals surface area contributed by atoms with E-state index in [0.29, 0.717) is 12.5 Å². The number of imidazole rings is 1. The second-order valence-corrected chi connectivity index (χ2v) is 3.65. The van der Waals surface area contributed by atoms with Gasteiger partial charge in [-0.1, -0.05) is 12.1 Å². The average molecular weight is 225 g/mol. The molecule has 0 aromatic carbocycles. The zero-order valence-corrected chi connectivity index (χ0v) is 9.15. The maximum Gasteiger partial charge on any atom is 0.213 e. The van der Waals surface area contributed by atoms with Crippen LogP contribution < -0.4 is 4.74 Å². The van der Waals surface area contributed by atoms with E-state index in [4.69, 9.17) is 4.74 Å². The van der Waals surface area contributed by atoms with Gasteiger partial charge in [0.2, 0.25) is 5.88 Å². The second kappa shape index (κ2) is 4.25. The van der Waals surface area contributed by atoms with E-state index in [0.717, 1.165) is 11.3 Å². The molecule has 0 amide bonds. The minimum atomic E-state index is 0.429. The van der Waals surface area contributed by atoms with E-state index >= 15 is 0 Å². The van der Waals surface area contributed by atoms with Crippen LogP contribution in [0.15, 0.2) is 55.0 Å². The van der Waals surface area contributed by atoms with E-state index in [1.54, 1.807) is 6.20 Å². The van der Waals surface area contributed by atoms with E-state index < -0.39 is 0 Å². The number of hydrogen-bond donors (Lipinski definition) is 0. The van der Waals surface area contributed by atoms with E-state index in [2.05, 4.69) is 9.97 Å². The summed E-state index contributed by atoms with van der Waals surface area (Å²) < 4.78 is 7.50. The quantitative estimate of drug-likeness (QED) is 0.686. The topological polar surface area (TPSA) is 39.4 Å². The molecule has 0 N–H and O–H groups in total. The summed E-state index contributed by atoms with van der Waals surface area (Å²) in [6.07, 6.45) is 5.63. The fraction of sp³-hybridized carbons (Fsp3) is 0.0769. The van der Waals surface area contributed by atoms with Crippen LogP contribution in [-0.4, -0.2) is 14.4 Å². The highest BCUT2D eigenvalue weighted by atomic mass is 16.5. The summed E-state index contributed by atoms with van der Waals surface area (Å²) in [5.74, 6) is 0.615. The van der Waals surface area contributed by atoms with Crippen molar-refractivity contribution in [3.05, 3.63) is 60.7 Å². The molecular weight excluding hydrogens is 214 g/mol. The molecule has 0 aliphatic heterocycles. The molecule has 0 atom stereocenters. The normalized spacial score (nSPS) is 10.6. The molecule has 0 saturated heterocycles. The summed E-state index contributed by atoms with van der Waals surface area (Å²) >= 11 is 0. The Morgan fingerprint density at radius 1 is 1.12 bits per heavy atom. The highest BCUT2D eigenvalue weighted by Gasteiger charge is 2.01. The lowest BCUT2D eigenvalue weighted by Gasteiger charge is -2.00. The van der Waals surface area contributed by atoms with Crippen molar-refractivity contribution in [1.82, 2.24) is 14.4 Å². The number of fused-ring (bicyclic) bond motifs is 1. The average Bonchev–Trinajstić information content (AvgIpc) is 2.80. The Labute approximate surface area is 98.5 Å². The van der Waals surface area contributed by atoms with Crippen molar-refractivity contribution in [2.45, 2.75) is 6.61 Å². The third kappa shape index (κ3) is 2.10. The molecule has 3 heterocycles. The Balaban J connectivity index is 1.77. The van der Waals surface area contributed by atoms with Crippen molar-refractivity contribution >= 4 is 5.65 Å². The number of pyridine rings is 2. The monoisotopic (exact) mass is 225 g/mol. The Bertz CT molecular complexity index is 586. The molecule has 3 rings (SSSR count). The summed E-state index contributed by atoms with van der Waals surface area (Å²) in [5, 5.41) is 0. The smallest absolute Gasteiger partial charge is 0.213 e. The molecule has 4 nitrogen and oxygen atoms in total. The molecule has 0 saturated carbocycles. The van der Waals surface area contributed by atoms with E-state index in [1.165, 1.54) is 0 Å². The van der Waals surface area contributed by atoms with Gasteiger partial charge in [-0.05, 0) is 18.2 Å². The summed E-state index contributed by atoms with van der Waals surface area (Å²) in [7, 11) is 0. The summed E-state index contributed by atoms with van der Waals surface area (Å²) in [6.45, 7) is 0.429. The van der Waals surface area contributed by atoms with Crippen LogP contribution >= 0.6 is 0 Å². The largest absolute Gasteiger partial charge is 0.471 e. The molecule has 0 spiro atoms. The highest BCUT2D eigenvalue weighted by molar-refractivity contribution is 5.39. The SMILES string of the molecule is c1ccc(OCc2cn3ccccc3n2)nc1. The predicted octanol–water partition coefficient (Wildman–Crippen LogP) is 2.31. The van der Waals surface area contributed by atoms with Gasteiger partial charge in [-0.25, -0.2) is 9.97 Å². The second-order valence-electron chi connectivity index (χ2n) is 3.65. The van der Waals surface area contributed by atoms with E-state index in [-0.39, 0.29) is 0 Å². The van der Waals surface area contributed by atoms with Crippen LogP contribution in [0.2, 0.25) is 0 Å². The summed E-state index contributed by atoms with van der Waals surface area (Å²) in [4.78, 5) is 8.53. The van der Waals surface area contributed by atoms with Crippen molar-refractivity contribution in [3.8, 4) is 5.88 Å². The van der Waals surface area contributed by atoms with Crippen LogP contribution in [0, 0.1) is 0 Å². The Kier molecular flexibility index (Phi) is 2.46. The van der Waals surface area contributed by atoms with E-state index in [9.17, 15) is 0 Å². The van der Waals surface area contributed by atoms with Crippen LogP contribution in [-0.2, 0) is 6.61 Å². The third-order valence-corrected chi connectivity index (χ3v) is 2.42. The van der Waals surface area contributed by atoms with Gasteiger partial charge in [-0.15, -0.1) is 0 Å². The number of hydrogen-bond acceptors (Lipinski definition) is 3. The van der Waals surface area contributed by atoms with Crippen molar-refractivity contribution in [2.75, 3.05) is 0 Å². The van der Waals surface area contributed by atoms with Gasteiger partial charge in [0, 0.05) is 24.7 Å². The standard InChI is InChI=1S/C13H11N3O/c1-3-7-14-13(6-1)17-10-11-9-16-8-4-2-5-12(16)15-11/h1-9H,10H2. The van der Waals surface area contributed by atoms with Crippen molar-refractivity contribution < 1.29 is 4.74 Å². The summed E-state index contributed by atoms with van der Waals surface area (Å²) in [6, 6.07) is 11.5. The molecule has 17 heavy (non-hydrogen) atoms. The minimum absolute atomic E-state index is 0.429. The van der Waals surface area contributed by atoms with Gasteiger partial charge in [-0.2, -0.15) is 0 Å². The first-order valence-electron chi connectivity index (χ1n) is 5.38. The van der Waals surface area contributed by atoms with Crippen molar-refractivity contribution in [1.29, 1.82) is 0 Å². The molecule has 0 radical (unpaired) electrons. The predicted molar refractivity (Wildman–Crippen MR) is 63.8 cm³/mol. The van der Waals surface area contributed by atoms with Gasteiger partial charge in [0.25, 0.3) is 0 Å². The van der Waals surface area contributed by atoms with Gasteiger partial charge < -0.3 is 9.14 Å². The number of nitrogens with zero attached hydrogens (tertiary/aromatic N) is 3. The Morgan fingerprint density at radius 2 is 2.06 bits per heavy atom. The number of ether oxygens (including phenoxy) is 1. The zero-order chi connectivity index (χ0) is 11.5. The Hall–Kier alpha value is -2.36. The third-order valence-electron chi connectivity index (χ3n) is 2.42. The van der Waals surface area contributed by atoms with Crippen LogP contribution in [0.3, 0.4) is 0 Å². The summed E-state index contributed by atoms with van der Waals surface area (Å²) in [5.41, 5.74) is 1.81. The van der Waals surface area contributed by atoms with Gasteiger partial charge in [-0.3, -0.25) is 0 Å². The molecule has 0 aliphatic rings. The molecule has 84 valence electrons. The molecule has 0 unspecified atom stereocenters. The maximum atomic E-state index is 5.53. The first-order chi connectivity index (χ1) is 8.42. The first kappa shape index (κ1) is 9.84. The van der Waals surface area contributed by atoms with Crippen LogP contribution in [0.5, 0.6) is 5.88 Å². The lowest BCUT2D eigenvalue weighted by molar-refractivity contribution is 0.290. The lowest BCUT2D eigenvalue weighted by Crippen LogP contribution is -1.96. The molecule has 0 aliphatic carbocycles. The van der Waals surface area contributed by atoms with Gasteiger partial charge in [0.15, 0.2) is 0 Å². The fourth-order valence-corrected chi connectivity index (χ4v) is 1.64. The molecule has 3 aromatic rings. The Morgan fingerprint density at radius 3 is 2.88 bits per heavy atom. The molecule has 4 heteroatoms. The van der Waals surface area contributed by atoms with Crippen molar-refractivity contribution in [2.24, 2.45) is 0 Å². The molecule has 0 bridgehead atoms. The van der Waals surface area contributed by atoms with Crippen LogP contribution in [0.4, 0.5) is 0 Å². The molecule has 0 fully saturated rings. The number of aromatic nitrogens is 3. The highest BCUT2D eigenvalue weighted by Crippen LogP contribution is 2.09. The van der Waals surface area contributed by atoms with Gasteiger partial charge >= 0.3 is 0 Å². The van der Waals surface area contributed by atoms with E-state index in [1.807, 2.05) is 53.2 Å². The zero-order valence-electron chi connectivity index (χ0n) is 9.15. The lowest BCUT2D eigenvalue weighted by atomic mass is 10.5. The maximum absolute atomic E-state index is 5.53. The molecular formula is C13H11N3O. The first-order valence-corrected chi connectivity index (χ1v) is 5.38.